The average Bonchev–Trinajstić information content (AvgIpc) is 3.20. The first-order valence-corrected chi connectivity index (χ1v) is 11.0. The molecular weight excluding hydrogens is 430 g/mol. The van der Waals surface area contributed by atoms with Crippen molar-refractivity contribution < 1.29 is 34.4 Å². The number of benzene rings is 1. The second kappa shape index (κ2) is 9.12. The number of nitrogens with zero attached hydrogens (tertiary/aromatic N) is 3. The highest BCUT2D eigenvalue weighted by Crippen LogP contribution is 2.46. The predicted octanol–water partition coefficient (Wildman–Crippen LogP) is 2.49. The zero-order chi connectivity index (χ0) is 23.9. The van der Waals surface area contributed by atoms with E-state index in [9.17, 15) is 29.7 Å². The molecule has 0 saturated heterocycles. The van der Waals surface area contributed by atoms with Gasteiger partial charge in [0.1, 0.15) is 5.76 Å². The van der Waals surface area contributed by atoms with Gasteiger partial charge < -0.3 is 20.1 Å². The van der Waals surface area contributed by atoms with Gasteiger partial charge in [-0.05, 0) is 37.8 Å². The minimum absolute atomic E-state index is 0.104. The number of aliphatic hydroxyl groups is 3. The molecule has 4 atom stereocenters. The van der Waals surface area contributed by atoms with E-state index in [0.717, 1.165) is 0 Å². The molecule has 4 unspecified atom stereocenters. The van der Waals surface area contributed by atoms with Crippen LogP contribution in [0.3, 0.4) is 0 Å². The van der Waals surface area contributed by atoms with E-state index in [1.165, 1.54) is 18.1 Å². The molecule has 3 N–H and O–H groups in total. The standard InChI is InChI=1S/C23H27N3O7/c1-3-12(10-33-2)26-21(29)14-5-4-6-16(17(14)22(26)30)24-25-18-19(27)13-8-7-11(23(31)32)9-15(13)20(18)28/h4-6,11-13,15,23,28,31-32H,3,7-10H2,1-2H3. The van der Waals surface area contributed by atoms with Crippen LogP contribution in [0, 0.1) is 17.8 Å². The van der Waals surface area contributed by atoms with Gasteiger partial charge in [0, 0.05) is 24.9 Å². The number of ketones is 1. The number of rotatable bonds is 7. The topological polar surface area (TPSA) is 149 Å². The maximum absolute atomic E-state index is 13.1. The fourth-order valence-corrected chi connectivity index (χ4v) is 5.04. The molecule has 3 aliphatic rings. The van der Waals surface area contributed by atoms with Crippen molar-refractivity contribution in [2.45, 2.75) is 44.9 Å². The SMILES string of the molecule is CCC(COC)N1C(=O)c2cccc(N=NC3=C(O)C4CC(C(O)O)CCC4C3=O)c2C1=O. The Kier molecular flexibility index (Phi) is 6.42. The van der Waals surface area contributed by atoms with Crippen LogP contribution in [0.25, 0.3) is 0 Å². The van der Waals surface area contributed by atoms with Gasteiger partial charge in [0.25, 0.3) is 11.8 Å². The van der Waals surface area contributed by atoms with Crippen molar-refractivity contribution >= 4 is 23.3 Å². The summed E-state index contributed by atoms with van der Waals surface area (Å²) in [4.78, 5) is 40.0. The first-order chi connectivity index (χ1) is 15.8. The summed E-state index contributed by atoms with van der Waals surface area (Å²) in [5, 5.41) is 37.6. The third-order valence-electron chi connectivity index (χ3n) is 6.85. The van der Waals surface area contributed by atoms with Crippen LogP contribution in [0.5, 0.6) is 0 Å². The second-order valence-corrected chi connectivity index (χ2v) is 8.70. The Morgan fingerprint density at radius 3 is 2.55 bits per heavy atom. The highest BCUT2D eigenvalue weighted by atomic mass is 16.5. The van der Waals surface area contributed by atoms with Crippen LogP contribution in [0.15, 0.2) is 39.9 Å². The third kappa shape index (κ3) is 3.88. The van der Waals surface area contributed by atoms with Gasteiger partial charge in [0.2, 0.25) is 0 Å². The van der Waals surface area contributed by atoms with Gasteiger partial charge in [0.05, 0.1) is 29.5 Å². The molecule has 1 aliphatic heterocycles. The number of azo groups is 1. The number of hydrogen-bond donors (Lipinski definition) is 3. The Morgan fingerprint density at radius 1 is 1.12 bits per heavy atom. The van der Waals surface area contributed by atoms with Crippen molar-refractivity contribution in [1.82, 2.24) is 4.90 Å². The number of Topliss-reactive ketones (excluding diaryl/α,β-unsaturated/α-hetero) is 1. The number of amides is 2. The Balaban J connectivity index is 1.63. The first-order valence-electron chi connectivity index (χ1n) is 11.0. The molecule has 10 heteroatoms. The van der Waals surface area contributed by atoms with Gasteiger partial charge in [-0.1, -0.05) is 13.0 Å². The number of fused-ring (bicyclic) bond motifs is 2. The van der Waals surface area contributed by atoms with E-state index < -0.39 is 41.9 Å². The van der Waals surface area contributed by atoms with Crippen molar-refractivity contribution in [1.29, 1.82) is 0 Å². The van der Waals surface area contributed by atoms with Crippen molar-refractivity contribution in [3.05, 3.63) is 40.8 Å². The maximum atomic E-state index is 13.1. The van der Waals surface area contributed by atoms with Gasteiger partial charge in [-0.25, -0.2) is 0 Å². The molecule has 1 fully saturated rings. The monoisotopic (exact) mass is 457 g/mol. The van der Waals surface area contributed by atoms with E-state index in [1.807, 2.05) is 6.92 Å². The number of methoxy groups -OCH3 is 1. The zero-order valence-corrected chi connectivity index (χ0v) is 18.5. The number of carbonyl (C=O) groups excluding carboxylic acids is 3. The van der Waals surface area contributed by atoms with E-state index >= 15 is 0 Å². The summed E-state index contributed by atoms with van der Waals surface area (Å²) >= 11 is 0. The van der Waals surface area contributed by atoms with Gasteiger partial charge in [0.15, 0.2) is 17.8 Å². The largest absolute Gasteiger partial charge is 0.510 e. The van der Waals surface area contributed by atoms with E-state index in [0.29, 0.717) is 19.3 Å². The molecule has 1 aromatic carbocycles. The molecule has 2 amide bonds. The number of imide groups is 1. The van der Waals surface area contributed by atoms with Crippen LogP contribution in [-0.2, 0) is 9.53 Å². The highest BCUT2D eigenvalue weighted by molar-refractivity contribution is 6.23. The lowest BCUT2D eigenvalue weighted by molar-refractivity contribution is -0.125. The van der Waals surface area contributed by atoms with Gasteiger partial charge in [-0.3, -0.25) is 19.3 Å². The number of ether oxygens (including phenoxy) is 1. The van der Waals surface area contributed by atoms with Crippen molar-refractivity contribution in [3.8, 4) is 0 Å². The maximum Gasteiger partial charge on any atom is 0.264 e. The van der Waals surface area contributed by atoms with Crippen molar-refractivity contribution in [2.24, 2.45) is 28.0 Å². The summed E-state index contributed by atoms with van der Waals surface area (Å²) in [6.45, 7) is 2.06. The number of hydrogen-bond acceptors (Lipinski definition) is 9. The molecule has 0 aromatic heterocycles. The Labute approximate surface area is 190 Å². The summed E-state index contributed by atoms with van der Waals surface area (Å²) in [6, 6.07) is 4.22. The van der Waals surface area contributed by atoms with Crippen LogP contribution < -0.4 is 0 Å². The lowest BCUT2D eigenvalue weighted by atomic mass is 9.74. The highest BCUT2D eigenvalue weighted by Gasteiger charge is 2.47. The van der Waals surface area contributed by atoms with Crippen molar-refractivity contribution in [3.63, 3.8) is 0 Å². The van der Waals surface area contributed by atoms with Crippen LogP contribution in [0.4, 0.5) is 5.69 Å². The molecule has 33 heavy (non-hydrogen) atoms. The van der Waals surface area contributed by atoms with E-state index in [2.05, 4.69) is 10.2 Å². The van der Waals surface area contributed by atoms with E-state index in [-0.39, 0.29) is 47.1 Å². The molecule has 2 aliphatic carbocycles. The average molecular weight is 457 g/mol. The molecule has 1 aromatic rings. The molecule has 176 valence electrons. The summed E-state index contributed by atoms with van der Waals surface area (Å²) < 4.78 is 5.15. The van der Waals surface area contributed by atoms with Gasteiger partial charge in [-0.15, -0.1) is 10.2 Å². The molecule has 0 bridgehead atoms. The Morgan fingerprint density at radius 2 is 1.88 bits per heavy atom. The Hall–Kier alpha value is -2.95. The fraction of sp³-hybridized carbons (Fsp3) is 0.522. The van der Waals surface area contributed by atoms with Crippen LogP contribution in [0.1, 0.15) is 53.3 Å². The van der Waals surface area contributed by atoms with Crippen molar-refractivity contribution in [2.75, 3.05) is 13.7 Å². The quantitative estimate of drug-likeness (QED) is 0.323. The van der Waals surface area contributed by atoms with Gasteiger partial charge in [-0.2, -0.15) is 0 Å². The zero-order valence-electron chi connectivity index (χ0n) is 18.5. The summed E-state index contributed by atoms with van der Waals surface area (Å²) in [5.74, 6) is -2.95. The van der Waals surface area contributed by atoms with Crippen LogP contribution in [0.2, 0.25) is 0 Å². The predicted molar refractivity (Wildman–Crippen MR) is 115 cm³/mol. The number of aliphatic hydroxyl groups excluding tert-OH is 2. The van der Waals surface area contributed by atoms with Crippen LogP contribution in [-0.4, -0.2) is 63.9 Å². The molecule has 4 rings (SSSR count). The first kappa shape index (κ1) is 23.2. The smallest absolute Gasteiger partial charge is 0.264 e. The normalized spacial score (nSPS) is 26.0. The summed E-state index contributed by atoms with van der Waals surface area (Å²) in [5.41, 5.74) is 0.255. The van der Waals surface area contributed by atoms with E-state index in [1.54, 1.807) is 12.1 Å². The number of carbonyl (C=O) groups is 3. The molecule has 0 radical (unpaired) electrons. The molecule has 10 nitrogen and oxygen atoms in total. The van der Waals surface area contributed by atoms with Crippen LogP contribution >= 0.6 is 0 Å². The minimum atomic E-state index is -1.51. The minimum Gasteiger partial charge on any atom is -0.510 e. The lowest BCUT2D eigenvalue weighted by Crippen LogP contribution is -2.42. The second-order valence-electron chi connectivity index (χ2n) is 8.70. The Bertz CT molecular complexity index is 1050. The molecule has 1 heterocycles. The third-order valence-corrected chi connectivity index (χ3v) is 6.85. The fourth-order valence-electron chi connectivity index (χ4n) is 5.04. The summed E-state index contributed by atoms with van der Waals surface area (Å²) in [7, 11) is 1.50. The van der Waals surface area contributed by atoms with Gasteiger partial charge >= 0.3 is 0 Å². The summed E-state index contributed by atoms with van der Waals surface area (Å²) in [6.07, 6.45) is 0.149. The molecular formula is C23H27N3O7. The lowest BCUT2D eigenvalue weighted by Gasteiger charge is -2.31. The van der Waals surface area contributed by atoms with E-state index in [4.69, 9.17) is 4.74 Å². The molecule has 1 saturated carbocycles. The molecule has 0 spiro atoms. The number of allylic oxidation sites excluding steroid dienone is 2.